The minimum Gasteiger partial charge on any atom is -0.497 e. The van der Waals surface area contributed by atoms with E-state index >= 15 is 0 Å². The Hall–Kier alpha value is -3.33. The quantitative estimate of drug-likeness (QED) is 0.415. The Labute approximate surface area is 170 Å². The van der Waals surface area contributed by atoms with Crippen molar-refractivity contribution in [1.29, 1.82) is 0 Å². The number of methoxy groups -OCH3 is 1. The Morgan fingerprint density at radius 2 is 1.82 bits per heavy atom. The molecule has 5 N–H and O–H groups in total. The number of nitrogens with one attached hydrogen (secondary N) is 3. The summed E-state index contributed by atoms with van der Waals surface area (Å²) >= 11 is 3.34. The van der Waals surface area contributed by atoms with Crippen LogP contribution in [0.1, 0.15) is 15.9 Å². The number of carbonyl (C=O) groups excluding carboxylic acids is 1. The molecular weight excluding hydrogens is 424 g/mol. The monoisotopic (exact) mass is 442 g/mol. The molecule has 0 fully saturated rings. The smallest absolute Gasteiger partial charge is 0.270 e. The van der Waals surface area contributed by atoms with Gasteiger partial charge in [0, 0.05) is 11.0 Å². The van der Waals surface area contributed by atoms with Gasteiger partial charge in [-0.05, 0) is 45.8 Å². The highest BCUT2D eigenvalue weighted by Crippen LogP contribution is 2.23. The van der Waals surface area contributed by atoms with E-state index in [4.69, 9.17) is 10.5 Å². The van der Waals surface area contributed by atoms with E-state index in [1.54, 1.807) is 25.3 Å². The van der Waals surface area contributed by atoms with Gasteiger partial charge in [-0.1, -0.05) is 24.3 Å². The van der Waals surface area contributed by atoms with Crippen LogP contribution in [-0.2, 0) is 6.54 Å². The fraction of sp³-hybridized carbons (Fsp3) is 0.105. The van der Waals surface area contributed by atoms with Crippen LogP contribution in [0.15, 0.2) is 59.3 Å². The third kappa shape index (κ3) is 4.68. The number of anilines is 3. The maximum absolute atomic E-state index is 12.3. The van der Waals surface area contributed by atoms with E-state index in [0.717, 1.165) is 11.3 Å². The molecule has 9 heteroatoms. The Bertz CT molecular complexity index is 965. The molecular formula is C19H19BrN6O2. The number of nitrogens with two attached hydrogens (primary N) is 1. The third-order valence-electron chi connectivity index (χ3n) is 3.92. The molecule has 0 atom stereocenters. The Balaban J connectivity index is 1.63. The van der Waals surface area contributed by atoms with Crippen molar-refractivity contribution in [1.82, 2.24) is 15.4 Å². The van der Waals surface area contributed by atoms with Crippen LogP contribution < -0.4 is 26.6 Å². The molecule has 1 heterocycles. The number of rotatable bonds is 7. The highest BCUT2D eigenvalue weighted by molar-refractivity contribution is 9.10. The molecule has 0 unspecified atom stereocenters. The lowest BCUT2D eigenvalue weighted by atomic mass is 10.2. The summed E-state index contributed by atoms with van der Waals surface area (Å²) in [5.74, 6) is 1.23. The van der Waals surface area contributed by atoms with Gasteiger partial charge >= 0.3 is 0 Å². The Kier molecular flexibility index (Phi) is 6.28. The molecule has 0 spiro atoms. The van der Waals surface area contributed by atoms with Crippen LogP contribution in [0.25, 0.3) is 0 Å². The van der Waals surface area contributed by atoms with Crippen LogP contribution in [0, 0.1) is 0 Å². The number of nitrogens with zero attached hydrogens (tertiary/aromatic N) is 2. The van der Waals surface area contributed by atoms with Gasteiger partial charge in [-0.15, -0.1) is 0 Å². The van der Waals surface area contributed by atoms with E-state index in [0.29, 0.717) is 33.9 Å². The first kappa shape index (κ1) is 19.4. The second kappa shape index (κ2) is 9.05. The van der Waals surface area contributed by atoms with Gasteiger partial charge in [0.1, 0.15) is 17.8 Å². The number of hydrogen-bond donors (Lipinski definition) is 4. The van der Waals surface area contributed by atoms with E-state index in [1.165, 1.54) is 6.33 Å². The summed E-state index contributed by atoms with van der Waals surface area (Å²) in [6, 6.07) is 14.7. The molecule has 144 valence electrons. The fourth-order valence-electron chi connectivity index (χ4n) is 2.39. The zero-order valence-electron chi connectivity index (χ0n) is 15.1. The summed E-state index contributed by atoms with van der Waals surface area (Å²) in [7, 11) is 1.62. The van der Waals surface area contributed by atoms with Gasteiger partial charge < -0.3 is 15.8 Å². The van der Waals surface area contributed by atoms with Gasteiger partial charge in [-0.25, -0.2) is 9.97 Å². The molecule has 0 aliphatic carbocycles. The summed E-state index contributed by atoms with van der Waals surface area (Å²) in [6.45, 7) is 0.522. The molecule has 1 aromatic heterocycles. The van der Waals surface area contributed by atoms with Crippen molar-refractivity contribution in [2.24, 2.45) is 0 Å². The minimum atomic E-state index is -0.321. The standard InChI is InChI=1S/C19H19BrN6O2/c1-28-13-8-6-12(7-9-13)10-22-17-16(21)18(24-11-23-17)25-26-19(27)14-4-2-3-5-15(14)20/h2-9,11H,10,21H2,1H3,(H,26,27)(H2,22,23,24,25). The minimum absolute atomic E-state index is 0.295. The predicted molar refractivity (Wildman–Crippen MR) is 112 cm³/mol. The molecule has 0 saturated heterocycles. The average molecular weight is 443 g/mol. The lowest BCUT2D eigenvalue weighted by Gasteiger charge is -2.13. The number of amides is 1. The first-order valence-corrected chi connectivity index (χ1v) is 9.16. The number of halogens is 1. The number of nitrogen functional groups attached to an aromatic ring is 1. The van der Waals surface area contributed by atoms with Crippen molar-refractivity contribution in [3.8, 4) is 5.75 Å². The van der Waals surface area contributed by atoms with Gasteiger partial charge in [0.25, 0.3) is 5.91 Å². The second-order valence-electron chi connectivity index (χ2n) is 5.75. The van der Waals surface area contributed by atoms with Crippen molar-refractivity contribution in [2.45, 2.75) is 6.54 Å². The van der Waals surface area contributed by atoms with Crippen LogP contribution in [0.4, 0.5) is 17.3 Å². The average Bonchev–Trinajstić information content (AvgIpc) is 2.72. The zero-order valence-corrected chi connectivity index (χ0v) is 16.7. The van der Waals surface area contributed by atoms with Gasteiger partial charge in [0.05, 0.1) is 12.7 Å². The van der Waals surface area contributed by atoms with Crippen molar-refractivity contribution in [2.75, 3.05) is 23.6 Å². The molecule has 3 aromatic rings. The fourth-order valence-corrected chi connectivity index (χ4v) is 2.86. The first-order chi connectivity index (χ1) is 13.6. The topological polar surface area (TPSA) is 114 Å². The predicted octanol–water partition coefficient (Wildman–Crippen LogP) is 3.20. The van der Waals surface area contributed by atoms with Crippen molar-refractivity contribution < 1.29 is 9.53 Å². The normalized spacial score (nSPS) is 10.2. The van der Waals surface area contributed by atoms with E-state index < -0.39 is 0 Å². The van der Waals surface area contributed by atoms with Crippen molar-refractivity contribution >= 4 is 39.2 Å². The van der Waals surface area contributed by atoms with Crippen LogP contribution >= 0.6 is 15.9 Å². The summed E-state index contributed by atoms with van der Waals surface area (Å²) in [4.78, 5) is 20.5. The van der Waals surface area contributed by atoms with Crippen LogP contribution in [0.2, 0.25) is 0 Å². The largest absolute Gasteiger partial charge is 0.497 e. The number of aromatic nitrogens is 2. The molecule has 2 aromatic carbocycles. The van der Waals surface area contributed by atoms with Gasteiger partial charge in [0.2, 0.25) is 0 Å². The highest BCUT2D eigenvalue weighted by Gasteiger charge is 2.12. The van der Waals surface area contributed by atoms with E-state index in [2.05, 4.69) is 42.1 Å². The number of ether oxygens (including phenoxy) is 1. The van der Waals surface area contributed by atoms with Crippen LogP contribution in [0.5, 0.6) is 5.75 Å². The van der Waals surface area contributed by atoms with Crippen LogP contribution in [0.3, 0.4) is 0 Å². The molecule has 0 bridgehead atoms. The molecule has 0 saturated carbocycles. The molecule has 0 aliphatic rings. The molecule has 0 radical (unpaired) electrons. The number of benzene rings is 2. The summed E-state index contributed by atoms with van der Waals surface area (Å²) < 4.78 is 5.83. The van der Waals surface area contributed by atoms with Gasteiger partial charge in [-0.2, -0.15) is 0 Å². The van der Waals surface area contributed by atoms with Crippen molar-refractivity contribution in [3.63, 3.8) is 0 Å². The Morgan fingerprint density at radius 3 is 2.54 bits per heavy atom. The third-order valence-corrected chi connectivity index (χ3v) is 4.61. The highest BCUT2D eigenvalue weighted by atomic mass is 79.9. The van der Waals surface area contributed by atoms with Crippen LogP contribution in [-0.4, -0.2) is 23.0 Å². The van der Waals surface area contributed by atoms with E-state index in [1.807, 2.05) is 30.3 Å². The van der Waals surface area contributed by atoms with E-state index in [9.17, 15) is 4.79 Å². The zero-order chi connectivity index (χ0) is 19.9. The molecule has 28 heavy (non-hydrogen) atoms. The number of carbonyl (C=O) groups is 1. The van der Waals surface area contributed by atoms with E-state index in [-0.39, 0.29) is 5.91 Å². The lowest BCUT2D eigenvalue weighted by Crippen LogP contribution is -2.30. The van der Waals surface area contributed by atoms with Crippen molar-refractivity contribution in [3.05, 3.63) is 70.5 Å². The second-order valence-corrected chi connectivity index (χ2v) is 6.60. The van der Waals surface area contributed by atoms with Gasteiger partial charge in [-0.3, -0.25) is 15.6 Å². The maximum Gasteiger partial charge on any atom is 0.270 e. The Morgan fingerprint density at radius 1 is 1.11 bits per heavy atom. The summed E-state index contributed by atoms with van der Waals surface area (Å²) in [6.07, 6.45) is 1.36. The first-order valence-electron chi connectivity index (χ1n) is 8.36. The summed E-state index contributed by atoms with van der Waals surface area (Å²) in [5, 5.41) is 3.16. The SMILES string of the molecule is COc1ccc(CNc2ncnc(NNC(=O)c3ccccc3Br)c2N)cc1. The molecule has 1 amide bonds. The lowest BCUT2D eigenvalue weighted by molar-refractivity contribution is 0.0961. The maximum atomic E-state index is 12.3. The summed E-state index contributed by atoms with van der Waals surface area (Å²) in [5.41, 5.74) is 13.3. The molecule has 8 nitrogen and oxygen atoms in total. The molecule has 3 rings (SSSR count). The van der Waals surface area contributed by atoms with Gasteiger partial charge in [0.15, 0.2) is 11.6 Å². The molecule has 0 aliphatic heterocycles. The number of hydrazine groups is 1. The number of hydrogen-bond acceptors (Lipinski definition) is 7.